The van der Waals surface area contributed by atoms with Gasteiger partial charge in [0.25, 0.3) is 5.91 Å². The molecule has 2 saturated heterocycles. The molecule has 3 rings (SSSR count). The summed E-state index contributed by atoms with van der Waals surface area (Å²) in [5.41, 5.74) is -1.55. The first-order chi connectivity index (χ1) is 13.7. The summed E-state index contributed by atoms with van der Waals surface area (Å²) in [5.74, 6) is -3.59. The molecule has 2 aliphatic heterocycles. The molecule has 2 fully saturated rings. The average molecular weight is 408 g/mol. The highest BCUT2D eigenvalue weighted by atomic mass is 16.6. The number of rotatable bonds is 4. The number of nitrogens with zero attached hydrogens (tertiary/aromatic N) is 1. The fourth-order valence-corrected chi connectivity index (χ4v) is 3.66. The van der Waals surface area contributed by atoms with Crippen LogP contribution in [0.4, 0.5) is 4.79 Å². The Hall–Kier alpha value is -2.86. The predicted molar refractivity (Wildman–Crippen MR) is 93.1 cm³/mol. The third-order valence-electron chi connectivity index (χ3n) is 5.29. The Morgan fingerprint density at radius 1 is 1.10 bits per heavy atom. The van der Waals surface area contributed by atoms with E-state index in [1.54, 1.807) is 25.1 Å². The van der Waals surface area contributed by atoms with Crippen LogP contribution >= 0.6 is 0 Å². The molecule has 0 bridgehead atoms. The molecule has 156 valence electrons. The molecule has 0 saturated carbocycles. The molecule has 6 unspecified atom stereocenters. The second-order valence-electron chi connectivity index (χ2n) is 6.82. The van der Waals surface area contributed by atoms with E-state index in [1.807, 2.05) is 5.32 Å². The van der Waals surface area contributed by atoms with Crippen molar-refractivity contribution in [1.82, 2.24) is 10.2 Å². The molecule has 1 aromatic carbocycles. The maximum atomic E-state index is 13.4. The summed E-state index contributed by atoms with van der Waals surface area (Å²) in [5, 5.41) is 41.4. The number of urea groups is 1. The van der Waals surface area contributed by atoms with Gasteiger partial charge in [-0.1, -0.05) is 37.3 Å². The van der Waals surface area contributed by atoms with Crippen LogP contribution in [0.5, 0.6) is 0 Å². The Morgan fingerprint density at radius 2 is 1.72 bits per heavy atom. The highest BCUT2D eigenvalue weighted by Crippen LogP contribution is 2.36. The zero-order chi connectivity index (χ0) is 21.5. The standard InChI is InChI=1S/C18H20N2O9/c1-2-18(8-6-4-3-5-7-8)15(26)19-17(28)20(16(18)27)13-11(23)9(21)10(22)12(29-13)14(24)25/h3-7,9-13,21-23H,2H2,1H3,(H,24,25)(H,19,26,28). The molecule has 4 amide bonds. The van der Waals surface area contributed by atoms with Crippen LogP contribution in [-0.2, 0) is 24.5 Å². The monoisotopic (exact) mass is 408 g/mol. The maximum Gasteiger partial charge on any atom is 0.335 e. The van der Waals surface area contributed by atoms with Gasteiger partial charge in [-0.3, -0.25) is 14.9 Å². The Bertz CT molecular complexity index is 845. The molecule has 29 heavy (non-hydrogen) atoms. The highest BCUT2D eigenvalue weighted by molar-refractivity contribution is 6.23. The van der Waals surface area contributed by atoms with Gasteiger partial charge in [-0.2, -0.15) is 0 Å². The molecule has 11 heteroatoms. The summed E-state index contributed by atoms with van der Waals surface area (Å²) in [6, 6.07) is 6.67. The molecule has 1 aromatic rings. The lowest BCUT2D eigenvalue weighted by molar-refractivity contribution is -0.252. The van der Waals surface area contributed by atoms with Crippen molar-refractivity contribution in [2.24, 2.45) is 0 Å². The molecular formula is C18H20N2O9. The molecule has 2 heterocycles. The number of aliphatic hydroxyl groups is 3. The van der Waals surface area contributed by atoms with Gasteiger partial charge in [0.15, 0.2) is 17.7 Å². The van der Waals surface area contributed by atoms with Crippen molar-refractivity contribution in [2.45, 2.75) is 49.4 Å². The van der Waals surface area contributed by atoms with Crippen LogP contribution in [0.25, 0.3) is 0 Å². The highest BCUT2D eigenvalue weighted by Gasteiger charge is 2.59. The predicted octanol–water partition coefficient (Wildman–Crippen LogP) is -1.69. The zero-order valence-corrected chi connectivity index (χ0v) is 15.3. The van der Waals surface area contributed by atoms with Crippen molar-refractivity contribution in [3.8, 4) is 0 Å². The van der Waals surface area contributed by atoms with Gasteiger partial charge in [-0.25, -0.2) is 14.5 Å². The molecule has 0 aliphatic carbocycles. The molecular weight excluding hydrogens is 388 g/mol. The van der Waals surface area contributed by atoms with Gasteiger partial charge in [0.05, 0.1) is 0 Å². The maximum absolute atomic E-state index is 13.4. The van der Waals surface area contributed by atoms with Crippen LogP contribution in [0.3, 0.4) is 0 Å². The number of amides is 4. The third-order valence-corrected chi connectivity index (χ3v) is 5.29. The van der Waals surface area contributed by atoms with Crippen LogP contribution in [0, 0.1) is 0 Å². The first-order valence-corrected chi connectivity index (χ1v) is 8.83. The largest absolute Gasteiger partial charge is 0.479 e. The summed E-state index contributed by atoms with van der Waals surface area (Å²) >= 11 is 0. The number of hydrogen-bond donors (Lipinski definition) is 5. The van der Waals surface area contributed by atoms with Gasteiger partial charge >= 0.3 is 12.0 Å². The lowest BCUT2D eigenvalue weighted by Gasteiger charge is -2.47. The van der Waals surface area contributed by atoms with E-state index in [9.17, 15) is 39.6 Å². The Kier molecular flexibility index (Phi) is 5.41. The van der Waals surface area contributed by atoms with E-state index in [0.29, 0.717) is 4.90 Å². The second-order valence-corrected chi connectivity index (χ2v) is 6.82. The van der Waals surface area contributed by atoms with Crippen LogP contribution in [0.1, 0.15) is 18.9 Å². The number of carbonyl (C=O) groups is 4. The molecule has 11 nitrogen and oxygen atoms in total. The van der Waals surface area contributed by atoms with E-state index in [4.69, 9.17) is 4.74 Å². The Morgan fingerprint density at radius 3 is 2.28 bits per heavy atom. The van der Waals surface area contributed by atoms with Crippen LogP contribution in [0.15, 0.2) is 30.3 Å². The average Bonchev–Trinajstić information content (AvgIpc) is 2.69. The minimum atomic E-state index is -2.01. The number of benzene rings is 1. The number of ether oxygens (including phenoxy) is 1. The van der Waals surface area contributed by atoms with Crippen molar-refractivity contribution in [3.63, 3.8) is 0 Å². The van der Waals surface area contributed by atoms with E-state index in [0.717, 1.165) is 0 Å². The first kappa shape index (κ1) is 20.9. The SMILES string of the molecule is CCC1(c2ccccc2)C(=O)NC(=O)N(C2OC(C(=O)O)C(O)C(O)C2O)C1=O. The molecule has 0 aromatic heterocycles. The van der Waals surface area contributed by atoms with Gasteiger partial charge in [0.2, 0.25) is 5.91 Å². The van der Waals surface area contributed by atoms with Crippen LogP contribution in [0.2, 0.25) is 0 Å². The number of barbiturate groups is 1. The lowest BCUT2D eigenvalue weighted by Crippen LogP contribution is -2.73. The van der Waals surface area contributed by atoms with E-state index in [1.165, 1.54) is 12.1 Å². The normalized spacial score (nSPS) is 35.4. The van der Waals surface area contributed by atoms with Crippen LogP contribution in [-0.4, -0.2) is 79.8 Å². The van der Waals surface area contributed by atoms with Crippen molar-refractivity contribution in [2.75, 3.05) is 0 Å². The smallest absolute Gasteiger partial charge is 0.335 e. The van der Waals surface area contributed by atoms with E-state index in [-0.39, 0.29) is 12.0 Å². The molecule has 0 spiro atoms. The fourth-order valence-electron chi connectivity index (χ4n) is 3.66. The molecule has 0 radical (unpaired) electrons. The van der Waals surface area contributed by atoms with Gasteiger partial charge in [0.1, 0.15) is 18.3 Å². The molecule has 2 aliphatic rings. The van der Waals surface area contributed by atoms with Gasteiger partial charge < -0.3 is 25.2 Å². The van der Waals surface area contributed by atoms with Crippen molar-refractivity contribution in [3.05, 3.63) is 35.9 Å². The summed E-state index contributed by atoms with van der Waals surface area (Å²) in [6.07, 6.45) is -10.0. The number of carbonyl (C=O) groups excluding carboxylic acids is 3. The van der Waals surface area contributed by atoms with E-state index >= 15 is 0 Å². The summed E-state index contributed by atoms with van der Waals surface area (Å²) in [4.78, 5) is 50.2. The summed E-state index contributed by atoms with van der Waals surface area (Å²) in [7, 11) is 0. The second kappa shape index (κ2) is 7.52. The Labute approximate surface area is 164 Å². The minimum Gasteiger partial charge on any atom is -0.479 e. The van der Waals surface area contributed by atoms with E-state index < -0.39 is 59.9 Å². The van der Waals surface area contributed by atoms with E-state index in [2.05, 4.69) is 0 Å². The van der Waals surface area contributed by atoms with Crippen LogP contribution < -0.4 is 5.32 Å². The quantitative estimate of drug-likeness (QED) is 0.364. The summed E-state index contributed by atoms with van der Waals surface area (Å²) in [6.45, 7) is 1.55. The summed E-state index contributed by atoms with van der Waals surface area (Å²) < 4.78 is 5.11. The number of aliphatic hydroxyl groups excluding tert-OH is 3. The lowest BCUT2D eigenvalue weighted by atomic mass is 9.74. The number of imide groups is 2. The van der Waals surface area contributed by atoms with Crippen molar-refractivity contribution >= 4 is 23.8 Å². The number of carboxylic acids is 1. The van der Waals surface area contributed by atoms with Crippen molar-refractivity contribution in [1.29, 1.82) is 0 Å². The zero-order valence-electron chi connectivity index (χ0n) is 15.3. The van der Waals surface area contributed by atoms with Gasteiger partial charge in [-0.05, 0) is 12.0 Å². The van der Waals surface area contributed by atoms with Gasteiger partial charge in [0, 0.05) is 0 Å². The van der Waals surface area contributed by atoms with Crippen molar-refractivity contribution < 1.29 is 44.3 Å². The van der Waals surface area contributed by atoms with Gasteiger partial charge in [-0.15, -0.1) is 0 Å². The fraction of sp³-hybridized carbons (Fsp3) is 0.444. The third kappa shape index (κ3) is 3.08. The number of carboxylic acid groups (broad SMARTS) is 1. The number of hydrogen-bond acceptors (Lipinski definition) is 8. The number of nitrogens with one attached hydrogen (secondary N) is 1. The molecule has 5 N–H and O–H groups in total. The Balaban J connectivity index is 2.07. The minimum absolute atomic E-state index is 0.0538. The number of aliphatic carboxylic acids is 1. The first-order valence-electron chi connectivity index (χ1n) is 8.83. The topological polar surface area (TPSA) is 174 Å². The molecule has 6 atom stereocenters.